The summed E-state index contributed by atoms with van der Waals surface area (Å²) in [5.41, 5.74) is 2.36. The monoisotopic (exact) mass is 220 g/mol. The van der Waals surface area contributed by atoms with Gasteiger partial charge in [0.1, 0.15) is 6.29 Å². The van der Waals surface area contributed by atoms with E-state index in [1.807, 2.05) is 0 Å². The van der Waals surface area contributed by atoms with Gasteiger partial charge in [0.15, 0.2) is 0 Å². The Kier molecular flexibility index (Phi) is 4.69. The van der Waals surface area contributed by atoms with Gasteiger partial charge in [0.2, 0.25) is 0 Å². The van der Waals surface area contributed by atoms with E-state index < -0.39 is 0 Å². The number of methoxy groups -OCH3 is 1. The molecule has 88 valence electrons. The van der Waals surface area contributed by atoms with Crippen LogP contribution in [0, 0.1) is 0 Å². The van der Waals surface area contributed by atoms with Crippen LogP contribution in [0.4, 0.5) is 0 Å². The zero-order valence-electron chi connectivity index (χ0n) is 10.3. The van der Waals surface area contributed by atoms with E-state index >= 15 is 0 Å². The number of hydrogen-bond acceptors (Lipinski definition) is 2. The molecule has 0 aliphatic carbocycles. The summed E-state index contributed by atoms with van der Waals surface area (Å²) in [7, 11) is 1.73. The zero-order chi connectivity index (χ0) is 12.0. The minimum Gasteiger partial charge on any atom is -0.378 e. The van der Waals surface area contributed by atoms with Crippen molar-refractivity contribution in [3.63, 3.8) is 0 Å². The Labute approximate surface area is 97.6 Å². The normalized spacial score (nSPS) is 11.4. The number of ether oxygens (including phenoxy) is 1. The van der Waals surface area contributed by atoms with Crippen LogP contribution in [-0.2, 0) is 22.4 Å². The molecule has 0 bridgehead atoms. The Balaban J connectivity index is 2.60. The Morgan fingerprint density at radius 2 is 1.75 bits per heavy atom. The van der Waals surface area contributed by atoms with Crippen molar-refractivity contribution in [1.82, 2.24) is 0 Å². The van der Waals surface area contributed by atoms with Gasteiger partial charge < -0.3 is 9.53 Å². The first-order valence-electron chi connectivity index (χ1n) is 5.64. The van der Waals surface area contributed by atoms with Crippen LogP contribution in [0.5, 0.6) is 0 Å². The molecule has 0 aromatic heterocycles. The molecule has 0 saturated carbocycles. The molecule has 0 aliphatic rings. The van der Waals surface area contributed by atoms with Gasteiger partial charge in [-0.1, -0.05) is 24.3 Å². The molecule has 0 N–H and O–H groups in total. The lowest BCUT2D eigenvalue weighted by Crippen LogP contribution is -2.25. The fourth-order valence-electron chi connectivity index (χ4n) is 1.61. The molecule has 2 heteroatoms. The number of aldehydes is 1. The van der Waals surface area contributed by atoms with Crippen molar-refractivity contribution >= 4 is 6.29 Å². The molecule has 0 saturated heterocycles. The average Bonchev–Trinajstić information content (AvgIpc) is 2.28. The molecule has 2 nitrogen and oxygen atoms in total. The van der Waals surface area contributed by atoms with E-state index in [1.54, 1.807) is 7.11 Å². The maximum Gasteiger partial charge on any atom is 0.120 e. The summed E-state index contributed by atoms with van der Waals surface area (Å²) in [5.74, 6) is 0. The number of hydrogen-bond donors (Lipinski definition) is 0. The summed E-state index contributed by atoms with van der Waals surface area (Å²) in [6.07, 6.45) is 3.29. The van der Waals surface area contributed by atoms with Gasteiger partial charge in [-0.3, -0.25) is 0 Å². The molecule has 0 amide bonds. The number of carbonyl (C=O) groups is 1. The number of carbonyl (C=O) groups excluding carboxylic acids is 1. The van der Waals surface area contributed by atoms with Crippen LogP contribution in [0.25, 0.3) is 0 Å². The van der Waals surface area contributed by atoms with Gasteiger partial charge in [0.25, 0.3) is 0 Å². The standard InChI is InChI=1S/C14H20O2/c1-14(2,16-3)11-13-8-6-12(7-9-13)5-4-10-15/h6-10H,4-5,11H2,1-3H3. The summed E-state index contributed by atoms with van der Waals surface area (Å²) < 4.78 is 5.39. The van der Waals surface area contributed by atoms with E-state index in [-0.39, 0.29) is 5.60 Å². The largest absolute Gasteiger partial charge is 0.378 e. The minimum atomic E-state index is -0.121. The van der Waals surface area contributed by atoms with Gasteiger partial charge in [-0.25, -0.2) is 0 Å². The zero-order valence-corrected chi connectivity index (χ0v) is 10.3. The fourth-order valence-corrected chi connectivity index (χ4v) is 1.61. The van der Waals surface area contributed by atoms with Crippen LogP contribution in [0.3, 0.4) is 0 Å². The van der Waals surface area contributed by atoms with Crippen LogP contribution in [0.15, 0.2) is 24.3 Å². The maximum absolute atomic E-state index is 10.3. The van der Waals surface area contributed by atoms with Crippen molar-refractivity contribution in [2.75, 3.05) is 7.11 Å². The van der Waals surface area contributed by atoms with Crippen molar-refractivity contribution in [2.45, 2.75) is 38.7 Å². The molecule has 1 rings (SSSR count). The molecule has 0 unspecified atom stereocenters. The van der Waals surface area contributed by atoms with E-state index in [1.165, 1.54) is 11.1 Å². The molecule has 0 heterocycles. The molecule has 0 aliphatic heterocycles. The van der Waals surface area contributed by atoms with Gasteiger partial charge in [0.05, 0.1) is 5.60 Å². The molecule has 16 heavy (non-hydrogen) atoms. The van der Waals surface area contributed by atoms with Crippen LogP contribution >= 0.6 is 0 Å². The molecule has 0 spiro atoms. The van der Waals surface area contributed by atoms with E-state index in [9.17, 15) is 4.79 Å². The Hall–Kier alpha value is -1.15. The van der Waals surface area contributed by atoms with Crippen molar-refractivity contribution in [3.05, 3.63) is 35.4 Å². The quantitative estimate of drug-likeness (QED) is 0.689. The van der Waals surface area contributed by atoms with E-state index in [0.29, 0.717) is 6.42 Å². The van der Waals surface area contributed by atoms with Crippen molar-refractivity contribution < 1.29 is 9.53 Å². The third kappa shape index (κ3) is 4.15. The third-order valence-corrected chi connectivity index (χ3v) is 2.76. The summed E-state index contributed by atoms with van der Waals surface area (Å²) >= 11 is 0. The van der Waals surface area contributed by atoms with Crippen LogP contribution in [-0.4, -0.2) is 19.0 Å². The molecular formula is C14H20O2. The van der Waals surface area contributed by atoms with Gasteiger partial charge in [-0.05, 0) is 31.4 Å². The highest BCUT2D eigenvalue weighted by atomic mass is 16.5. The van der Waals surface area contributed by atoms with E-state index in [0.717, 1.165) is 19.1 Å². The lowest BCUT2D eigenvalue weighted by molar-refractivity contribution is -0.107. The highest BCUT2D eigenvalue weighted by Crippen LogP contribution is 2.16. The third-order valence-electron chi connectivity index (χ3n) is 2.76. The first kappa shape index (κ1) is 12.9. The summed E-state index contributed by atoms with van der Waals surface area (Å²) in [4.78, 5) is 10.3. The van der Waals surface area contributed by atoms with Crippen LogP contribution < -0.4 is 0 Å². The van der Waals surface area contributed by atoms with Gasteiger partial charge in [0, 0.05) is 20.0 Å². The molecule has 0 fully saturated rings. The van der Waals surface area contributed by atoms with Crippen molar-refractivity contribution in [3.8, 4) is 0 Å². The topological polar surface area (TPSA) is 26.3 Å². The lowest BCUT2D eigenvalue weighted by atomic mass is 9.97. The highest BCUT2D eigenvalue weighted by molar-refractivity contribution is 5.50. The molecule has 0 atom stereocenters. The fraction of sp³-hybridized carbons (Fsp3) is 0.500. The van der Waals surface area contributed by atoms with Gasteiger partial charge >= 0.3 is 0 Å². The van der Waals surface area contributed by atoms with Gasteiger partial charge in [-0.15, -0.1) is 0 Å². The van der Waals surface area contributed by atoms with E-state index in [2.05, 4.69) is 38.1 Å². The maximum atomic E-state index is 10.3. The second-order valence-electron chi connectivity index (χ2n) is 4.66. The number of benzene rings is 1. The second kappa shape index (κ2) is 5.80. The minimum absolute atomic E-state index is 0.121. The Bertz CT molecular complexity index is 325. The van der Waals surface area contributed by atoms with Gasteiger partial charge in [-0.2, -0.15) is 0 Å². The Morgan fingerprint density at radius 1 is 1.19 bits per heavy atom. The first-order chi connectivity index (χ1) is 7.57. The smallest absolute Gasteiger partial charge is 0.120 e. The SMILES string of the molecule is COC(C)(C)Cc1ccc(CCC=O)cc1. The number of rotatable bonds is 6. The second-order valence-corrected chi connectivity index (χ2v) is 4.66. The average molecular weight is 220 g/mol. The molecule has 1 aromatic carbocycles. The van der Waals surface area contributed by atoms with Crippen LogP contribution in [0.1, 0.15) is 31.4 Å². The van der Waals surface area contributed by atoms with Crippen LogP contribution in [0.2, 0.25) is 0 Å². The summed E-state index contributed by atoms with van der Waals surface area (Å²) in [6.45, 7) is 4.15. The summed E-state index contributed by atoms with van der Waals surface area (Å²) in [6, 6.07) is 8.40. The molecular weight excluding hydrogens is 200 g/mol. The van der Waals surface area contributed by atoms with E-state index in [4.69, 9.17) is 4.74 Å². The molecule has 1 aromatic rings. The van der Waals surface area contributed by atoms with Crippen molar-refractivity contribution in [2.24, 2.45) is 0 Å². The number of aryl methyl sites for hydroxylation is 1. The summed E-state index contributed by atoms with van der Waals surface area (Å²) in [5, 5.41) is 0. The van der Waals surface area contributed by atoms with Crippen molar-refractivity contribution in [1.29, 1.82) is 0 Å². The Morgan fingerprint density at radius 3 is 2.25 bits per heavy atom. The predicted octanol–water partition coefficient (Wildman–Crippen LogP) is 2.79. The first-order valence-corrected chi connectivity index (χ1v) is 5.64. The molecule has 0 radical (unpaired) electrons. The highest BCUT2D eigenvalue weighted by Gasteiger charge is 2.16. The lowest BCUT2D eigenvalue weighted by Gasteiger charge is -2.22. The predicted molar refractivity (Wildman–Crippen MR) is 65.6 cm³/mol.